The molecule has 0 heterocycles. The van der Waals surface area contributed by atoms with Crippen LogP contribution in [0.5, 0.6) is 5.75 Å². The van der Waals surface area contributed by atoms with Gasteiger partial charge in [0.05, 0.1) is 0 Å². The third-order valence-corrected chi connectivity index (χ3v) is 3.49. The molecule has 1 rings (SSSR count). The van der Waals surface area contributed by atoms with Crippen LogP contribution in [0.1, 0.15) is 67.2 Å². The molecule has 0 saturated heterocycles. The number of carbonyl (C=O) groups excluding carboxylic acids is 1. The molecule has 1 atom stereocenters. The summed E-state index contributed by atoms with van der Waals surface area (Å²) < 4.78 is 5.32. The number of nitrogens with zero attached hydrogens (tertiary/aromatic N) is 1. The molecule has 0 aliphatic heterocycles. The lowest BCUT2D eigenvalue weighted by atomic mass is 10.2. The maximum Gasteiger partial charge on any atom is 0.412 e. The van der Waals surface area contributed by atoms with Crippen LogP contribution >= 0.6 is 0 Å². The average Bonchev–Trinajstić information content (AvgIpc) is 2.57. The number of ether oxygens (including phenoxy) is 1. The summed E-state index contributed by atoms with van der Waals surface area (Å²) in [5.41, 5.74) is 1.18. The third kappa shape index (κ3) is 8.80. The molecule has 1 amide bonds. The maximum atomic E-state index is 11.8. The van der Waals surface area contributed by atoms with E-state index < -0.39 is 0 Å². The monoisotopic (exact) mass is 336 g/mol. The molecule has 0 spiro atoms. The van der Waals surface area contributed by atoms with Crippen molar-refractivity contribution in [1.82, 2.24) is 5.32 Å². The summed E-state index contributed by atoms with van der Waals surface area (Å²) in [5.74, 6) is 0.581. The molecular weight excluding hydrogens is 300 g/mol. The van der Waals surface area contributed by atoms with Crippen molar-refractivity contribution in [3.05, 3.63) is 24.3 Å². The first-order valence-electron chi connectivity index (χ1n) is 9.44. The zero-order valence-corrected chi connectivity index (χ0v) is 16.4. The van der Waals surface area contributed by atoms with Gasteiger partial charge < -0.3 is 15.0 Å². The van der Waals surface area contributed by atoms with Gasteiger partial charge in [-0.1, -0.05) is 41.0 Å². The Morgan fingerprint density at radius 2 is 1.58 bits per heavy atom. The van der Waals surface area contributed by atoms with Crippen molar-refractivity contribution in [3.8, 4) is 5.75 Å². The van der Waals surface area contributed by atoms with Crippen molar-refractivity contribution in [2.45, 2.75) is 73.3 Å². The summed E-state index contributed by atoms with van der Waals surface area (Å²) in [6.45, 7) is 14.5. The molecule has 0 saturated carbocycles. The van der Waals surface area contributed by atoms with Gasteiger partial charge in [0.25, 0.3) is 0 Å². The number of hydrogen-bond donors (Lipinski definition) is 1. The van der Waals surface area contributed by atoms with Crippen LogP contribution in [0.4, 0.5) is 10.5 Å². The van der Waals surface area contributed by atoms with Crippen LogP contribution in [-0.4, -0.2) is 25.2 Å². The highest BCUT2D eigenvalue weighted by atomic mass is 16.6. The van der Waals surface area contributed by atoms with E-state index in [9.17, 15) is 4.79 Å². The van der Waals surface area contributed by atoms with E-state index >= 15 is 0 Å². The van der Waals surface area contributed by atoms with Gasteiger partial charge in [0.2, 0.25) is 0 Å². The van der Waals surface area contributed by atoms with E-state index in [-0.39, 0.29) is 12.1 Å². The lowest BCUT2D eigenvalue weighted by Crippen LogP contribution is -2.34. The molecule has 24 heavy (non-hydrogen) atoms. The molecule has 0 fully saturated rings. The Morgan fingerprint density at radius 3 is 2.04 bits per heavy atom. The molecule has 0 aromatic heterocycles. The van der Waals surface area contributed by atoms with Crippen LogP contribution in [0.3, 0.4) is 0 Å². The van der Waals surface area contributed by atoms with Crippen molar-refractivity contribution in [1.29, 1.82) is 0 Å². The quantitative estimate of drug-likeness (QED) is 0.636. The lowest BCUT2D eigenvalue weighted by molar-refractivity contribution is 0.196. The Bertz CT molecular complexity index is 426. The van der Waals surface area contributed by atoms with Gasteiger partial charge in [-0.15, -0.1) is 0 Å². The van der Waals surface area contributed by atoms with E-state index in [1.165, 1.54) is 5.69 Å². The van der Waals surface area contributed by atoms with E-state index in [1.807, 2.05) is 45.0 Å². The fourth-order valence-electron chi connectivity index (χ4n) is 2.48. The Balaban J connectivity index is 0.00000254. The van der Waals surface area contributed by atoms with Gasteiger partial charge >= 0.3 is 6.09 Å². The summed E-state index contributed by atoms with van der Waals surface area (Å²) >= 11 is 0. The minimum Gasteiger partial charge on any atom is -0.410 e. The molecule has 0 aliphatic rings. The number of rotatable bonds is 9. The lowest BCUT2D eigenvalue weighted by Gasteiger charge is -2.23. The molecule has 4 nitrogen and oxygen atoms in total. The fraction of sp³-hybridized carbons (Fsp3) is 0.650. The van der Waals surface area contributed by atoms with E-state index in [0.717, 1.165) is 38.8 Å². The van der Waals surface area contributed by atoms with Crippen molar-refractivity contribution >= 4 is 11.8 Å². The maximum absolute atomic E-state index is 11.8. The zero-order chi connectivity index (χ0) is 18.4. The molecular formula is C20H36N2O2. The zero-order valence-electron chi connectivity index (χ0n) is 16.4. The van der Waals surface area contributed by atoms with Crippen LogP contribution in [0, 0.1) is 0 Å². The number of amides is 1. The normalized spacial score (nSPS) is 11.1. The largest absolute Gasteiger partial charge is 0.412 e. The van der Waals surface area contributed by atoms with Crippen LogP contribution < -0.4 is 15.0 Å². The highest BCUT2D eigenvalue weighted by Crippen LogP contribution is 2.20. The standard InChI is InChI=1S/C18H30N2O2.C2H6/c1-5-8-15(4)19-18(21)22-17-11-9-16(10-12-17)20(13-6-2)14-7-3;1-2/h9-12,15H,5-8,13-14H2,1-4H3,(H,19,21);1-2H3/t15-;/m1./s1. The first-order chi connectivity index (χ1) is 11.6. The van der Waals surface area contributed by atoms with Gasteiger partial charge in [0.1, 0.15) is 5.75 Å². The summed E-state index contributed by atoms with van der Waals surface area (Å²) in [6.07, 6.45) is 3.86. The Morgan fingerprint density at radius 1 is 1.04 bits per heavy atom. The molecule has 0 radical (unpaired) electrons. The SMILES string of the molecule is CC.CCC[C@@H](C)NC(=O)Oc1ccc(N(CCC)CCC)cc1. The van der Waals surface area contributed by atoms with Crippen molar-refractivity contribution in [2.24, 2.45) is 0 Å². The Hall–Kier alpha value is -1.71. The predicted octanol–water partition coefficient (Wildman–Crippen LogP) is 5.62. The smallest absolute Gasteiger partial charge is 0.410 e. The van der Waals surface area contributed by atoms with Gasteiger partial charge in [0.15, 0.2) is 0 Å². The predicted molar refractivity (Wildman–Crippen MR) is 104 cm³/mol. The number of nitrogens with one attached hydrogen (secondary N) is 1. The number of benzene rings is 1. The van der Waals surface area contributed by atoms with Gasteiger partial charge in [-0.2, -0.15) is 0 Å². The summed E-state index contributed by atoms with van der Waals surface area (Å²) in [7, 11) is 0. The van der Waals surface area contributed by atoms with Gasteiger partial charge in [-0.25, -0.2) is 4.79 Å². The van der Waals surface area contributed by atoms with Crippen LogP contribution in [0.15, 0.2) is 24.3 Å². The second-order valence-corrected chi connectivity index (χ2v) is 5.70. The molecule has 1 aromatic rings. The van der Waals surface area contributed by atoms with Crippen molar-refractivity contribution < 1.29 is 9.53 Å². The van der Waals surface area contributed by atoms with E-state index in [2.05, 4.69) is 31.0 Å². The minimum atomic E-state index is -0.382. The van der Waals surface area contributed by atoms with E-state index in [0.29, 0.717) is 5.75 Å². The first kappa shape index (κ1) is 22.3. The molecule has 4 heteroatoms. The Labute approximate surface area is 148 Å². The first-order valence-corrected chi connectivity index (χ1v) is 9.44. The molecule has 0 bridgehead atoms. The molecule has 138 valence electrons. The van der Waals surface area contributed by atoms with Gasteiger partial charge in [0, 0.05) is 24.8 Å². The second kappa shape index (κ2) is 13.7. The summed E-state index contributed by atoms with van der Waals surface area (Å²) in [6, 6.07) is 7.89. The highest BCUT2D eigenvalue weighted by molar-refractivity contribution is 5.70. The van der Waals surface area contributed by atoms with Crippen LogP contribution in [0.2, 0.25) is 0 Å². The van der Waals surface area contributed by atoms with Crippen LogP contribution in [-0.2, 0) is 0 Å². The topological polar surface area (TPSA) is 41.6 Å². The Kier molecular flexibility index (Phi) is 12.7. The molecule has 1 N–H and O–H groups in total. The number of anilines is 1. The second-order valence-electron chi connectivity index (χ2n) is 5.70. The van der Waals surface area contributed by atoms with Gasteiger partial charge in [-0.05, 0) is 50.5 Å². The number of hydrogen-bond acceptors (Lipinski definition) is 3. The number of carbonyl (C=O) groups is 1. The fourth-order valence-corrected chi connectivity index (χ4v) is 2.48. The van der Waals surface area contributed by atoms with Gasteiger partial charge in [-0.3, -0.25) is 0 Å². The minimum absolute atomic E-state index is 0.140. The summed E-state index contributed by atoms with van der Waals surface area (Å²) in [4.78, 5) is 14.1. The van der Waals surface area contributed by atoms with E-state index in [4.69, 9.17) is 4.74 Å². The average molecular weight is 337 g/mol. The third-order valence-electron chi connectivity index (χ3n) is 3.49. The van der Waals surface area contributed by atoms with Crippen molar-refractivity contribution in [3.63, 3.8) is 0 Å². The molecule has 1 aromatic carbocycles. The molecule has 0 aliphatic carbocycles. The van der Waals surface area contributed by atoms with Crippen molar-refractivity contribution in [2.75, 3.05) is 18.0 Å². The molecule has 0 unspecified atom stereocenters. The summed E-state index contributed by atoms with van der Waals surface area (Å²) in [5, 5.41) is 2.84. The van der Waals surface area contributed by atoms with Crippen LogP contribution in [0.25, 0.3) is 0 Å². The highest BCUT2D eigenvalue weighted by Gasteiger charge is 2.09. The van der Waals surface area contributed by atoms with E-state index in [1.54, 1.807) is 0 Å².